The van der Waals surface area contributed by atoms with Crippen molar-refractivity contribution < 1.29 is 4.79 Å². The van der Waals surface area contributed by atoms with Crippen LogP contribution in [-0.4, -0.2) is 25.5 Å². The number of piperidine rings is 1. The average molecular weight is 303 g/mol. The molecule has 0 bridgehead atoms. The SMILES string of the molecule is CCNCc1ccccc1NC(=O)CC(C)C1CCNCC1. The monoisotopic (exact) mass is 303 g/mol. The summed E-state index contributed by atoms with van der Waals surface area (Å²) in [4.78, 5) is 12.3. The van der Waals surface area contributed by atoms with Gasteiger partial charge in [0.05, 0.1) is 0 Å². The highest BCUT2D eigenvalue weighted by Gasteiger charge is 2.22. The first-order valence-electron chi connectivity index (χ1n) is 8.50. The molecule has 1 aromatic rings. The molecule has 1 saturated heterocycles. The molecule has 2 rings (SSSR count). The van der Waals surface area contributed by atoms with Gasteiger partial charge in [-0.15, -0.1) is 0 Å². The quantitative estimate of drug-likeness (QED) is 0.726. The fourth-order valence-corrected chi connectivity index (χ4v) is 3.13. The summed E-state index contributed by atoms with van der Waals surface area (Å²) in [5.41, 5.74) is 2.08. The summed E-state index contributed by atoms with van der Waals surface area (Å²) in [6, 6.07) is 8.04. The number of carbonyl (C=O) groups excluding carboxylic acids is 1. The van der Waals surface area contributed by atoms with Crippen LogP contribution in [0, 0.1) is 11.8 Å². The Balaban J connectivity index is 1.88. The number of benzene rings is 1. The van der Waals surface area contributed by atoms with Gasteiger partial charge in [0.15, 0.2) is 0 Å². The summed E-state index contributed by atoms with van der Waals surface area (Å²) < 4.78 is 0. The van der Waals surface area contributed by atoms with Crippen molar-refractivity contribution in [2.45, 2.75) is 39.7 Å². The molecule has 122 valence electrons. The van der Waals surface area contributed by atoms with Crippen LogP contribution in [0.3, 0.4) is 0 Å². The third-order valence-electron chi connectivity index (χ3n) is 4.55. The van der Waals surface area contributed by atoms with Crippen molar-refractivity contribution >= 4 is 11.6 Å². The predicted octanol–water partition coefficient (Wildman–Crippen LogP) is 2.76. The van der Waals surface area contributed by atoms with Gasteiger partial charge in [0, 0.05) is 18.7 Å². The predicted molar refractivity (Wildman–Crippen MR) is 91.8 cm³/mol. The summed E-state index contributed by atoms with van der Waals surface area (Å²) in [6.45, 7) is 8.18. The van der Waals surface area contributed by atoms with Gasteiger partial charge in [0.2, 0.25) is 5.91 Å². The summed E-state index contributed by atoms with van der Waals surface area (Å²) >= 11 is 0. The molecule has 1 aliphatic heterocycles. The molecule has 0 spiro atoms. The number of carbonyl (C=O) groups is 1. The Labute approximate surface area is 134 Å². The van der Waals surface area contributed by atoms with Crippen LogP contribution < -0.4 is 16.0 Å². The van der Waals surface area contributed by atoms with E-state index in [1.54, 1.807) is 0 Å². The van der Waals surface area contributed by atoms with Crippen LogP contribution >= 0.6 is 0 Å². The van der Waals surface area contributed by atoms with E-state index >= 15 is 0 Å². The molecule has 1 aliphatic rings. The van der Waals surface area contributed by atoms with Crippen molar-refractivity contribution in [2.75, 3.05) is 25.0 Å². The Morgan fingerprint density at radius 2 is 2.05 bits per heavy atom. The number of nitrogens with one attached hydrogen (secondary N) is 3. The smallest absolute Gasteiger partial charge is 0.224 e. The number of anilines is 1. The Hall–Kier alpha value is -1.39. The van der Waals surface area contributed by atoms with E-state index in [0.29, 0.717) is 18.3 Å². The number of rotatable bonds is 7. The van der Waals surface area contributed by atoms with Gasteiger partial charge in [-0.2, -0.15) is 0 Å². The molecule has 3 N–H and O–H groups in total. The van der Waals surface area contributed by atoms with E-state index in [0.717, 1.165) is 37.4 Å². The molecule has 1 amide bonds. The Morgan fingerprint density at radius 3 is 2.77 bits per heavy atom. The largest absolute Gasteiger partial charge is 0.326 e. The van der Waals surface area contributed by atoms with E-state index in [9.17, 15) is 4.79 Å². The van der Waals surface area contributed by atoms with Gasteiger partial charge in [-0.05, 0) is 55.9 Å². The highest BCUT2D eigenvalue weighted by molar-refractivity contribution is 5.91. The molecule has 1 unspecified atom stereocenters. The maximum Gasteiger partial charge on any atom is 0.224 e. The molecule has 0 saturated carbocycles. The molecule has 1 fully saturated rings. The van der Waals surface area contributed by atoms with Crippen molar-refractivity contribution in [3.63, 3.8) is 0 Å². The number of hydrogen-bond acceptors (Lipinski definition) is 3. The molecule has 22 heavy (non-hydrogen) atoms. The zero-order chi connectivity index (χ0) is 15.8. The van der Waals surface area contributed by atoms with Crippen LogP contribution in [-0.2, 0) is 11.3 Å². The van der Waals surface area contributed by atoms with Gasteiger partial charge in [-0.25, -0.2) is 0 Å². The average Bonchev–Trinajstić information content (AvgIpc) is 2.54. The molecule has 1 aromatic carbocycles. The van der Waals surface area contributed by atoms with E-state index < -0.39 is 0 Å². The van der Waals surface area contributed by atoms with Crippen LogP contribution in [0.4, 0.5) is 5.69 Å². The molecule has 0 aliphatic carbocycles. The fraction of sp³-hybridized carbons (Fsp3) is 0.611. The second-order valence-corrected chi connectivity index (χ2v) is 6.25. The molecule has 1 heterocycles. The highest BCUT2D eigenvalue weighted by atomic mass is 16.1. The van der Waals surface area contributed by atoms with Crippen molar-refractivity contribution in [1.29, 1.82) is 0 Å². The highest BCUT2D eigenvalue weighted by Crippen LogP contribution is 2.25. The Morgan fingerprint density at radius 1 is 1.32 bits per heavy atom. The van der Waals surface area contributed by atoms with Crippen LogP contribution in [0.5, 0.6) is 0 Å². The Bertz CT molecular complexity index is 469. The van der Waals surface area contributed by atoms with Crippen LogP contribution in [0.1, 0.15) is 38.7 Å². The number of hydrogen-bond donors (Lipinski definition) is 3. The Kier molecular flexibility index (Phi) is 6.87. The number of para-hydroxylation sites is 1. The molecule has 4 nitrogen and oxygen atoms in total. The van der Waals surface area contributed by atoms with E-state index in [-0.39, 0.29) is 5.91 Å². The van der Waals surface area contributed by atoms with Gasteiger partial charge >= 0.3 is 0 Å². The van der Waals surface area contributed by atoms with E-state index in [1.807, 2.05) is 18.2 Å². The minimum atomic E-state index is 0.134. The number of amides is 1. The first kappa shape index (κ1) is 17.0. The van der Waals surface area contributed by atoms with Gasteiger partial charge in [0.25, 0.3) is 0 Å². The van der Waals surface area contributed by atoms with Crippen LogP contribution in [0.25, 0.3) is 0 Å². The van der Waals surface area contributed by atoms with Crippen molar-refractivity contribution in [3.8, 4) is 0 Å². The molecule has 0 aromatic heterocycles. The van der Waals surface area contributed by atoms with Gasteiger partial charge < -0.3 is 16.0 Å². The lowest BCUT2D eigenvalue weighted by Gasteiger charge is -2.28. The molecule has 4 heteroatoms. The minimum absolute atomic E-state index is 0.134. The van der Waals surface area contributed by atoms with E-state index in [4.69, 9.17) is 0 Å². The van der Waals surface area contributed by atoms with Crippen LogP contribution in [0.2, 0.25) is 0 Å². The van der Waals surface area contributed by atoms with Gasteiger partial charge in [-0.1, -0.05) is 32.0 Å². The zero-order valence-electron chi connectivity index (χ0n) is 13.8. The normalized spacial score (nSPS) is 17.2. The van der Waals surface area contributed by atoms with Crippen molar-refractivity contribution in [3.05, 3.63) is 29.8 Å². The molecule has 1 atom stereocenters. The third kappa shape index (κ3) is 5.11. The van der Waals surface area contributed by atoms with Gasteiger partial charge in [-0.3, -0.25) is 4.79 Å². The first-order chi connectivity index (χ1) is 10.7. The molecular weight excluding hydrogens is 274 g/mol. The molecular formula is C18H29N3O. The van der Waals surface area contributed by atoms with E-state index in [2.05, 4.69) is 35.9 Å². The summed E-state index contributed by atoms with van der Waals surface area (Å²) in [6.07, 6.45) is 2.98. The second kappa shape index (κ2) is 8.91. The lowest BCUT2D eigenvalue weighted by atomic mass is 9.84. The maximum absolute atomic E-state index is 12.3. The van der Waals surface area contributed by atoms with E-state index in [1.165, 1.54) is 12.8 Å². The van der Waals surface area contributed by atoms with Crippen molar-refractivity contribution in [2.24, 2.45) is 11.8 Å². The first-order valence-corrected chi connectivity index (χ1v) is 8.50. The summed E-state index contributed by atoms with van der Waals surface area (Å²) in [5.74, 6) is 1.25. The lowest BCUT2D eigenvalue weighted by molar-refractivity contribution is -0.117. The van der Waals surface area contributed by atoms with Gasteiger partial charge in [0.1, 0.15) is 0 Å². The zero-order valence-corrected chi connectivity index (χ0v) is 13.8. The fourth-order valence-electron chi connectivity index (χ4n) is 3.13. The lowest BCUT2D eigenvalue weighted by Crippen LogP contribution is -2.32. The maximum atomic E-state index is 12.3. The van der Waals surface area contributed by atoms with Crippen LogP contribution in [0.15, 0.2) is 24.3 Å². The van der Waals surface area contributed by atoms with Crippen molar-refractivity contribution in [1.82, 2.24) is 10.6 Å². The third-order valence-corrected chi connectivity index (χ3v) is 4.55. The molecule has 0 radical (unpaired) electrons. The topological polar surface area (TPSA) is 53.2 Å². The standard InChI is InChI=1S/C18H29N3O/c1-3-19-13-16-6-4-5-7-17(16)21-18(22)12-14(2)15-8-10-20-11-9-15/h4-7,14-15,19-20H,3,8-13H2,1-2H3,(H,21,22). The second-order valence-electron chi connectivity index (χ2n) is 6.25. The summed E-state index contributed by atoms with van der Waals surface area (Å²) in [5, 5.41) is 9.79. The minimum Gasteiger partial charge on any atom is -0.326 e. The summed E-state index contributed by atoms with van der Waals surface area (Å²) in [7, 11) is 0.